The van der Waals surface area contributed by atoms with Crippen LogP contribution in [-0.2, 0) is 14.8 Å². The first-order valence-corrected chi connectivity index (χ1v) is 9.16. The number of hydrogen-bond acceptors (Lipinski definition) is 4. The van der Waals surface area contributed by atoms with Gasteiger partial charge < -0.3 is 0 Å². The van der Waals surface area contributed by atoms with Gasteiger partial charge in [-0.25, -0.2) is 17.9 Å². The lowest BCUT2D eigenvalue weighted by Crippen LogP contribution is -2.14. The molecule has 0 saturated carbocycles. The average molecular weight is 368 g/mol. The van der Waals surface area contributed by atoms with Crippen LogP contribution in [0.25, 0.3) is 17.2 Å². The molecule has 1 amide bonds. The van der Waals surface area contributed by atoms with Crippen molar-refractivity contribution in [2.75, 3.05) is 0 Å². The third kappa shape index (κ3) is 3.74. The number of carbonyl (C=O) groups excluding carboxylic acids is 1. The summed E-state index contributed by atoms with van der Waals surface area (Å²) in [6, 6.07) is 17.8. The van der Waals surface area contributed by atoms with Gasteiger partial charge in [0.05, 0.1) is 4.90 Å². The highest BCUT2D eigenvalue weighted by Crippen LogP contribution is 2.24. The number of amides is 1. The number of nitrogens with one attached hydrogen (secondary N) is 1. The number of hydroxylamine groups is 1. The second-order valence-corrected chi connectivity index (χ2v) is 7.33. The molecule has 0 radical (unpaired) electrons. The summed E-state index contributed by atoms with van der Waals surface area (Å²) in [5.41, 5.74) is 3.71. The number of rotatable bonds is 5. The fourth-order valence-electron chi connectivity index (χ4n) is 2.44. The van der Waals surface area contributed by atoms with Crippen molar-refractivity contribution < 1.29 is 18.4 Å². The van der Waals surface area contributed by atoms with Gasteiger partial charge in [-0.1, -0.05) is 42.5 Å². The summed E-state index contributed by atoms with van der Waals surface area (Å²) >= 11 is 0. The molecule has 7 heteroatoms. The molecule has 0 unspecified atom stereocenters. The molecule has 132 valence electrons. The minimum Gasteiger partial charge on any atom is -0.288 e. The number of carbonyl (C=O) groups is 1. The number of aromatic nitrogens is 1. The molecule has 0 saturated heterocycles. The van der Waals surface area contributed by atoms with Gasteiger partial charge in [-0.15, -0.1) is 0 Å². The van der Waals surface area contributed by atoms with E-state index >= 15 is 0 Å². The summed E-state index contributed by atoms with van der Waals surface area (Å²) in [6.07, 6.45) is 5.30. The standard InChI is InChI=1S/C19H16N2O4S/c22-19(20-23)10-9-15-11-12-21(14-15)26(24,25)18-8-4-7-17(13-18)16-5-2-1-3-6-16/h1-14,23H,(H,20,22). The lowest BCUT2D eigenvalue weighted by atomic mass is 10.1. The Labute approximate surface area is 151 Å². The van der Waals surface area contributed by atoms with Crippen molar-refractivity contribution in [3.05, 3.63) is 84.7 Å². The van der Waals surface area contributed by atoms with Crippen LogP contribution in [0.5, 0.6) is 0 Å². The highest BCUT2D eigenvalue weighted by molar-refractivity contribution is 7.90. The molecular weight excluding hydrogens is 352 g/mol. The first-order chi connectivity index (χ1) is 12.5. The van der Waals surface area contributed by atoms with Crippen LogP contribution < -0.4 is 5.48 Å². The fraction of sp³-hybridized carbons (Fsp3) is 0. The van der Waals surface area contributed by atoms with Gasteiger partial charge in [0.25, 0.3) is 15.9 Å². The summed E-state index contributed by atoms with van der Waals surface area (Å²) in [4.78, 5) is 11.2. The summed E-state index contributed by atoms with van der Waals surface area (Å²) in [5, 5.41) is 8.46. The Bertz CT molecular complexity index is 1050. The zero-order chi connectivity index (χ0) is 18.6. The fourth-order valence-corrected chi connectivity index (χ4v) is 3.69. The summed E-state index contributed by atoms with van der Waals surface area (Å²) in [7, 11) is -3.76. The molecule has 0 aliphatic heterocycles. The van der Waals surface area contributed by atoms with Crippen molar-refractivity contribution in [3.63, 3.8) is 0 Å². The molecule has 3 aromatic rings. The van der Waals surface area contributed by atoms with Crippen LogP contribution in [0.2, 0.25) is 0 Å². The van der Waals surface area contributed by atoms with Crippen LogP contribution in [0, 0.1) is 0 Å². The average Bonchev–Trinajstić information content (AvgIpc) is 3.17. The molecule has 0 bridgehead atoms. The molecule has 1 heterocycles. The smallest absolute Gasteiger partial charge is 0.267 e. The van der Waals surface area contributed by atoms with Crippen LogP contribution in [0.3, 0.4) is 0 Å². The van der Waals surface area contributed by atoms with E-state index in [0.717, 1.165) is 21.2 Å². The van der Waals surface area contributed by atoms with E-state index in [4.69, 9.17) is 5.21 Å². The second-order valence-electron chi connectivity index (χ2n) is 5.48. The van der Waals surface area contributed by atoms with Crippen LogP contribution in [-0.4, -0.2) is 23.5 Å². The van der Waals surface area contributed by atoms with E-state index in [9.17, 15) is 13.2 Å². The summed E-state index contributed by atoms with van der Waals surface area (Å²) in [6.45, 7) is 0. The topological polar surface area (TPSA) is 88.4 Å². The normalized spacial score (nSPS) is 11.6. The van der Waals surface area contributed by atoms with E-state index in [1.165, 1.54) is 30.0 Å². The van der Waals surface area contributed by atoms with Crippen molar-refractivity contribution in [3.8, 4) is 11.1 Å². The van der Waals surface area contributed by atoms with Crippen LogP contribution in [0.4, 0.5) is 0 Å². The maximum absolute atomic E-state index is 12.8. The Hall–Kier alpha value is -3.16. The minimum absolute atomic E-state index is 0.165. The van der Waals surface area contributed by atoms with Gasteiger partial charge in [0.15, 0.2) is 0 Å². The zero-order valence-corrected chi connectivity index (χ0v) is 14.4. The predicted octanol–water partition coefficient (Wildman–Crippen LogP) is 2.91. The number of benzene rings is 2. The van der Waals surface area contributed by atoms with Crippen molar-refractivity contribution in [2.24, 2.45) is 0 Å². The highest BCUT2D eigenvalue weighted by atomic mass is 32.2. The van der Waals surface area contributed by atoms with Crippen LogP contribution >= 0.6 is 0 Å². The van der Waals surface area contributed by atoms with Gasteiger partial charge in [-0.2, -0.15) is 0 Å². The van der Waals surface area contributed by atoms with Crippen LogP contribution in [0.15, 0.2) is 84.0 Å². The maximum atomic E-state index is 12.8. The summed E-state index contributed by atoms with van der Waals surface area (Å²) < 4.78 is 26.8. The van der Waals surface area contributed by atoms with Crippen molar-refractivity contribution in [2.45, 2.75) is 4.90 Å². The lowest BCUT2D eigenvalue weighted by molar-refractivity contribution is -0.124. The molecule has 26 heavy (non-hydrogen) atoms. The molecule has 2 N–H and O–H groups in total. The third-order valence-corrected chi connectivity index (χ3v) is 5.38. The van der Waals surface area contributed by atoms with Crippen LogP contribution in [0.1, 0.15) is 5.56 Å². The molecule has 0 spiro atoms. The molecule has 0 atom stereocenters. The van der Waals surface area contributed by atoms with Gasteiger partial charge in [0.1, 0.15) is 0 Å². The largest absolute Gasteiger partial charge is 0.288 e. The van der Waals surface area contributed by atoms with Gasteiger partial charge in [-0.3, -0.25) is 10.0 Å². The number of hydrogen-bond donors (Lipinski definition) is 2. The predicted molar refractivity (Wildman–Crippen MR) is 97.9 cm³/mol. The Balaban J connectivity index is 1.93. The molecule has 1 aromatic heterocycles. The van der Waals surface area contributed by atoms with E-state index in [0.29, 0.717) is 5.56 Å². The first kappa shape index (κ1) is 17.7. The van der Waals surface area contributed by atoms with Crippen molar-refractivity contribution in [1.29, 1.82) is 0 Å². The van der Waals surface area contributed by atoms with Gasteiger partial charge in [0, 0.05) is 18.5 Å². The lowest BCUT2D eigenvalue weighted by Gasteiger charge is -2.08. The molecular formula is C19H16N2O4S. The Morgan fingerprint density at radius 3 is 2.46 bits per heavy atom. The van der Waals surface area contributed by atoms with E-state index in [1.807, 2.05) is 36.4 Å². The monoisotopic (exact) mass is 368 g/mol. The molecule has 0 aliphatic rings. The quantitative estimate of drug-likeness (QED) is 0.412. The summed E-state index contributed by atoms with van der Waals surface area (Å²) in [5.74, 6) is -0.698. The zero-order valence-electron chi connectivity index (χ0n) is 13.6. The Morgan fingerprint density at radius 2 is 1.73 bits per heavy atom. The first-order valence-electron chi connectivity index (χ1n) is 7.72. The molecule has 3 rings (SSSR count). The van der Waals surface area contributed by atoms with E-state index in [1.54, 1.807) is 18.2 Å². The highest BCUT2D eigenvalue weighted by Gasteiger charge is 2.17. The molecule has 2 aromatic carbocycles. The SMILES string of the molecule is O=C(C=Cc1ccn(S(=O)(=O)c2cccc(-c3ccccc3)c2)c1)NO. The maximum Gasteiger partial charge on any atom is 0.267 e. The van der Waals surface area contributed by atoms with Gasteiger partial charge in [-0.05, 0) is 41.0 Å². The van der Waals surface area contributed by atoms with Gasteiger partial charge >= 0.3 is 0 Å². The second kappa shape index (κ2) is 7.38. The molecule has 0 fully saturated rings. The molecule has 0 aliphatic carbocycles. The number of nitrogens with zero attached hydrogens (tertiary/aromatic N) is 1. The van der Waals surface area contributed by atoms with E-state index < -0.39 is 15.9 Å². The Morgan fingerprint density at radius 1 is 1.00 bits per heavy atom. The van der Waals surface area contributed by atoms with Gasteiger partial charge in [0.2, 0.25) is 0 Å². The minimum atomic E-state index is -3.76. The van der Waals surface area contributed by atoms with Crippen molar-refractivity contribution in [1.82, 2.24) is 9.45 Å². The third-order valence-electron chi connectivity index (χ3n) is 3.74. The Kier molecular flexibility index (Phi) is 5.01. The van der Waals surface area contributed by atoms with E-state index in [-0.39, 0.29) is 4.90 Å². The van der Waals surface area contributed by atoms with E-state index in [2.05, 4.69) is 0 Å². The van der Waals surface area contributed by atoms with Crippen molar-refractivity contribution >= 4 is 22.0 Å². The molecule has 6 nitrogen and oxygen atoms in total.